The van der Waals surface area contributed by atoms with E-state index in [9.17, 15) is 23.3 Å². The molecule has 1 aromatic rings. The number of sulfonamides is 1. The number of carbonyl (C=O) groups is 2. The van der Waals surface area contributed by atoms with E-state index in [2.05, 4.69) is 6.07 Å². The van der Waals surface area contributed by atoms with Gasteiger partial charge in [0.1, 0.15) is 6.04 Å². The summed E-state index contributed by atoms with van der Waals surface area (Å²) in [5, 5.41) is 14.5. The first-order valence-corrected chi connectivity index (χ1v) is 12.3. The van der Waals surface area contributed by atoms with Crippen LogP contribution in [0.1, 0.15) is 37.8 Å². The van der Waals surface area contributed by atoms with Crippen LogP contribution in [0.4, 0.5) is 0 Å². The summed E-state index contributed by atoms with van der Waals surface area (Å²) in [5.74, 6) is -0.292. The van der Waals surface area contributed by atoms with E-state index in [0.29, 0.717) is 31.5 Å². The van der Waals surface area contributed by atoms with Crippen molar-refractivity contribution in [3.8, 4) is 6.07 Å². The first-order chi connectivity index (χ1) is 15.1. The van der Waals surface area contributed by atoms with Crippen LogP contribution in [0.15, 0.2) is 29.2 Å². The monoisotopic (exact) mass is 460 g/mol. The number of benzene rings is 1. The van der Waals surface area contributed by atoms with Gasteiger partial charge in [0, 0.05) is 25.7 Å². The second kappa shape index (κ2) is 8.44. The van der Waals surface area contributed by atoms with Crippen LogP contribution in [0.3, 0.4) is 0 Å². The Balaban J connectivity index is 1.42. The van der Waals surface area contributed by atoms with E-state index in [-0.39, 0.29) is 41.4 Å². The predicted octanol–water partition coefficient (Wildman–Crippen LogP) is -0.478. The molecule has 0 aromatic heterocycles. The SMILES string of the molecule is C[C@H](c1cccc(S(N)(=O)=O)c1)N1C(=O)[C@H]2C[C@@H]1CN2C[C@H](N)C(=O)N1CCC[C@H]1C#N. The van der Waals surface area contributed by atoms with Crippen molar-refractivity contribution in [1.82, 2.24) is 14.7 Å². The van der Waals surface area contributed by atoms with Crippen molar-refractivity contribution in [3.05, 3.63) is 29.8 Å². The Hall–Kier alpha value is -2.52. The molecule has 5 atom stereocenters. The molecule has 0 spiro atoms. The highest BCUT2D eigenvalue weighted by Gasteiger charge is 2.51. The van der Waals surface area contributed by atoms with E-state index in [1.54, 1.807) is 21.9 Å². The summed E-state index contributed by atoms with van der Waals surface area (Å²) < 4.78 is 23.4. The molecule has 3 fully saturated rings. The summed E-state index contributed by atoms with van der Waals surface area (Å²) in [6, 6.07) is 6.59. The maximum absolute atomic E-state index is 13.1. The summed E-state index contributed by atoms with van der Waals surface area (Å²) in [4.78, 5) is 31.2. The van der Waals surface area contributed by atoms with Gasteiger partial charge in [-0.1, -0.05) is 12.1 Å². The molecule has 3 aliphatic rings. The first-order valence-electron chi connectivity index (χ1n) is 10.8. The largest absolute Gasteiger partial charge is 0.330 e. The Kier molecular flexibility index (Phi) is 5.98. The van der Waals surface area contributed by atoms with E-state index in [4.69, 9.17) is 10.9 Å². The summed E-state index contributed by atoms with van der Waals surface area (Å²) in [6.45, 7) is 3.27. The second-order valence-electron chi connectivity index (χ2n) is 8.82. The van der Waals surface area contributed by atoms with Crippen molar-refractivity contribution in [3.63, 3.8) is 0 Å². The van der Waals surface area contributed by atoms with Gasteiger partial charge in [0.05, 0.1) is 29.1 Å². The van der Waals surface area contributed by atoms with Gasteiger partial charge in [-0.05, 0) is 43.9 Å². The van der Waals surface area contributed by atoms with Crippen molar-refractivity contribution in [1.29, 1.82) is 5.26 Å². The van der Waals surface area contributed by atoms with E-state index >= 15 is 0 Å². The van der Waals surface area contributed by atoms with E-state index in [0.717, 1.165) is 6.42 Å². The summed E-state index contributed by atoms with van der Waals surface area (Å²) in [7, 11) is -3.83. The lowest BCUT2D eigenvalue weighted by molar-refractivity contribution is -0.141. The minimum absolute atomic E-state index is 0.0161. The van der Waals surface area contributed by atoms with E-state index in [1.165, 1.54) is 12.1 Å². The molecule has 0 saturated carbocycles. The smallest absolute Gasteiger partial charge is 0.241 e. The maximum atomic E-state index is 13.1. The number of hydrogen-bond acceptors (Lipinski definition) is 7. The average molecular weight is 461 g/mol. The molecular weight excluding hydrogens is 432 g/mol. The van der Waals surface area contributed by atoms with Crippen LogP contribution in [0.2, 0.25) is 0 Å². The number of nitrogens with zero attached hydrogens (tertiary/aromatic N) is 4. The number of piperazine rings is 1. The lowest BCUT2D eigenvalue weighted by Gasteiger charge is -2.38. The third-order valence-electron chi connectivity index (χ3n) is 6.83. The quantitative estimate of drug-likeness (QED) is 0.581. The molecule has 3 aliphatic heterocycles. The number of likely N-dealkylation sites (tertiary alicyclic amines) is 3. The Morgan fingerprint density at radius 2 is 2.12 bits per heavy atom. The predicted molar refractivity (Wildman–Crippen MR) is 115 cm³/mol. The number of nitrogens with two attached hydrogens (primary N) is 2. The van der Waals surface area contributed by atoms with Crippen LogP contribution in [-0.2, 0) is 19.6 Å². The van der Waals surface area contributed by atoms with Crippen molar-refractivity contribution >= 4 is 21.8 Å². The minimum Gasteiger partial charge on any atom is -0.330 e. The highest BCUT2D eigenvalue weighted by molar-refractivity contribution is 7.89. The van der Waals surface area contributed by atoms with Crippen molar-refractivity contribution in [2.75, 3.05) is 19.6 Å². The van der Waals surface area contributed by atoms with Gasteiger partial charge in [-0.25, -0.2) is 13.6 Å². The van der Waals surface area contributed by atoms with Crippen molar-refractivity contribution < 1.29 is 18.0 Å². The maximum Gasteiger partial charge on any atom is 0.241 e. The number of primary sulfonamides is 1. The Morgan fingerprint density at radius 3 is 2.78 bits per heavy atom. The van der Waals surface area contributed by atoms with Crippen LogP contribution in [0.25, 0.3) is 0 Å². The number of rotatable bonds is 6. The zero-order chi connectivity index (χ0) is 23.2. The number of amides is 2. The molecule has 0 unspecified atom stereocenters. The highest BCUT2D eigenvalue weighted by Crippen LogP contribution is 2.38. The fourth-order valence-electron chi connectivity index (χ4n) is 5.22. The minimum atomic E-state index is -3.83. The molecule has 3 saturated heterocycles. The van der Waals surface area contributed by atoms with Crippen LogP contribution >= 0.6 is 0 Å². The first kappa shape index (κ1) is 22.7. The van der Waals surface area contributed by atoms with Gasteiger partial charge >= 0.3 is 0 Å². The van der Waals surface area contributed by atoms with E-state index < -0.39 is 22.1 Å². The number of hydrogen-bond donors (Lipinski definition) is 2. The molecule has 32 heavy (non-hydrogen) atoms. The van der Waals surface area contributed by atoms with Gasteiger partial charge in [-0.2, -0.15) is 5.26 Å². The molecule has 2 amide bonds. The molecule has 0 radical (unpaired) electrons. The zero-order valence-electron chi connectivity index (χ0n) is 17.9. The van der Waals surface area contributed by atoms with Crippen molar-refractivity contribution in [2.24, 2.45) is 10.9 Å². The van der Waals surface area contributed by atoms with Gasteiger partial charge in [-0.3, -0.25) is 14.5 Å². The van der Waals surface area contributed by atoms with Gasteiger partial charge in [0.15, 0.2) is 0 Å². The lowest BCUT2D eigenvalue weighted by Crippen LogP contribution is -2.56. The average Bonchev–Trinajstić information content (AvgIpc) is 3.46. The van der Waals surface area contributed by atoms with E-state index in [1.807, 2.05) is 11.8 Å². The van der Waals surface area contributed by atoms with Gasteiger partial charge in [0.2, 0.25) is 21.8 Å². The molecule has 4 N–H and O–H groups in total. The Bertz CT molecular complexity index is 1070. The summed E-state index contributed by atoms with van der Waals surface area (Å²) >= 11 is 0. The molecule has 2 bridgehead atoms. The molecule has 0 aliphatic carbocycles. The summed E-state index contributed by atoms with van der Waals surface area (Å²) in [6.07, 6.45) is 2.11. The standard InChI is InChI=1S/C21H28N6O4S/c1-13(14-4-2-6-17(8-14)32(24,30)31)27-16-9-19(21(27)29)25(11-16)12-18(23)20(28)26-7-3-5-15(26)10-22/h2,4,6,8,13,15-16,18-19H,3,5,7,9,11-12,23H2,1H3,(H2,24,30,31)/t13-,15+,16-,18+,19-/m1/s1. The molecular formula is C21H28N6O4S. The molecule has 11 heteroatoms. The fourth-order valence-corrected chi connectivity index (χ4v) is 5.79. The number of carbonyl (C=O) groups excluding carboxylic acids is 2. The van der Waals surface area contributed by atoms with Crippen LogP contribution in [0, 0.1) is 11.3 Å². The van der Waals surface area contributed by atoms with Gasteiger partial charge < -0.3 is 15.5 Å². The Morgan fingerprint density at radius 1 is 1.38 bits per heavy atom. The molecule has 3 heterocycles. The molecule has 4 rings (SSSR count). The third kappa shape index (κ3) is 3.99. The normalized spacial score (nSPS) is 27.6. The van der Waals surface area contributed by atoms with Crippen LogP contribution in [-0.4, -0.2) is 78.7 Å². The molecule has 172 valence electrons. The molecule has 1 aromatic carbocycles. The number of nitriles is 1. The zero-order valence-corrected chi connectivity index (χ0v) is 18.7. The Labute approximate surface area is 187 Å². The number of fused-ring (bicyclic) bond motifs is 2. The van der Waals surface area contributed by atoms with Gasteiger partial charge in [-0.15, -0.1) is 0 Å². The van der Waals surface area contributed by atoms with Crippen molar-refractivity contribution in [2.45, 2.75) is 61.3 Å². The molecule has 10 nitrogen and oxygen atoms in total. The van der Waals surface area contributed by atoms with Crippen LogP contribution in [0.5, 0.6) is 0 Å². The summed E-state index contributed by atoms with van der Waals surface area (Å²) in [5.41, 5.74) is 6.88. The van der Waals surface area contributed by atoms with Gasteiger partial charge in [0.25, 0.3) is 0 Å². The van der Waals surface area contributed by atoms with Crippen LogP contribution < -0.4 is 10.9 Å². The fraction of sp³-hybridized carbons (Fsp3) is 0.571. The second-order valence-corrected chi connectivity index (χ2v) is 10.4. The third-order valence-corrected chi connectivity index (χ3v) is 7.74. The topological polar surface area (TPSA) is 154 Å². The lowest BCUT2D eigenvalue weighted by atomic mass is 10.1. The highest BCUT2D eigenvalue weighted by atomic mass is 32.2.